The SMILES string of the molecule is COCC(C)CNc1nccc2sccc12. The predicted molar refractivity (Wildman–Crippen MR) is 69.1 cm³/mol. The Hall–Kier alpha value is -1.13. The molecule has 4 heteroatoms. The van der Waals surface area contributed by atoms with E-state index >= 15 is 0 Å². The van der Waals surface area contributed by atoms with Crippen LogP contribution in [-0.4, -0.2) is 25.2 Å². The highest BCUT2D eigenvalue weighted by Crippen LogP contribution is 2.25. The van der Waals surface area contributed by atoms with E-state index in [9.17, 15) is 0 Å². The second kappa shape index (κ2) is 5.27. The van der Waals surface area contributed by atoms with E-state index in [1.807, 2.05) is 12.3 Å². The van der Waals surface area contributed by atoms with Gasteiger partial charge in [0, 0.05) is 29.9 Å². The Morgan fingerprint density at radius 1 is 1.50 bits per heavy atom. The number of nitrogens with zero attached hydrogens (tertiary/aromatic N) is 1. The maximum absolute atomic E-state index is 5.11. The Labute approximate surface area is 99.5 Å². The number of hydrogen-bond acceptors (Lipinski definition) is 4. The van der Waals surface area contributed by atoms with Crippen LogP contribution in [0.25, 0.3) is 10.1 Å². The van der Waals surface area contributed by atoms with E-state index in [2.05, 4.69) is 28.7 Å². The highest BCUT2D eigenvalue weighted by Gasteiger charge is 2.05. The molecule has 0 aliphatic heterocycles. The van der Waals surface area contributed by atoms with Crippen molar-refractivity contribution in [2.24, 2.45) is 5.92 Å². The van der Waals surface area contributed by atoms with Crippen molar-refractivity contribution in [1.29, 1.82) is 0 Å². The van der Waals surface area contributed by atoms with Crippen LogP contribution in [0.2, 0.25) is 0 Å². The van der Waals surface area contributed by atoms with Crippen molar-refractivity contribution in [3.05, 3.63) is 23.7 Å². The Bertz CT molecular complexity index is 455. The number of ether oxygens (including phenoxy) is 1. The number of thiophene rings is 1. The summed E-state index contributed by atoms with van der Waals surface area (Å²) < 4.78 is 6.38. The third kappa shape index (κ3) is 2.51. The second-order valence-corrected chi connectivity index (χ2v) is 4.88. The van der Waals surface area contributed by atoms with Gasteiger partial charge in [-0.25, -0.2) is 4.98 Å². The van der Waals surface area contributed by atoms with E-state index in [4.69, 9.17) is 4.74 Å². The largest absolute Gasteiger partial charge is 0.384 e. The van der Waals surface area contributed by atoms with Gasteiger partial charge in [0.2, 0.25) is 0 Å². The van der Waals surface area contributed by atoms with Gasteiger partial charge in [0.25, 0.3) is 0 Å². The fourth-order valence-electron chi connectivity index (χ4n) is 1.65. The van der Waals surface area contributed by atoms with Gasteiger partial charge in [-0.3, -0.25) is 0 Å². The number of pyridine rings is 1. The van der Waals surface area contributed by atoms with Crippen molar-refractivity contribution in [2.75, 3.05) is 25.6 Å². The standard InChI is InChI=1S/C12H16N2OS/c1-9(8-15-2)7-14-12-10-4-6-16-11(10)3-5-13-12/h3-6,9H,7-8H2,1-2H3,(H,13,14). The van der Waals surface area contributed by atoms with Crippen LogP contribution < -0.4 is 5.32 Å². The van der Waals surface area contributed by atoms with Crippen molar-refractivity contribution >= 4 is 27.2 Å². The minimum absolute atomic E-state index is 0.487. The number of nitrogens with one attached hydrogen (secondary N) is 1. The highest BCUT2D eigenvalue weighted by atomic mass is 32.1. The molecule has 0 aromatic carbocycles. The number of hydrogen-bond donors (Lipinski definition) is 1. The Kier molecular flexibility index (Phi) is 3.74. The molecule has 0 amide bonds. The van der Waals surface area contributed by atoms with Gasteiger partial charge in [0.1, 0.15) is 5.82 Å². The summed E-state index contributed by atoms with van der Waals surface area (Å²) in [7, 11) is 1.73. The summed E-state index contributed by atoms with van der Waals surface area (Å²) in [6.07, 6.45) is 1.85. The van der Waals surface area contributed by atoms with Crippen LogP contribution >= 0.6 is 11.3 Å². The summed E-state index contributed by atoms with van der Waals surface area (Å²) in [5, 5.41) is 6.67. The molecule has 2 aromatic rings. The molecule has 1 N–H and O–H groups in total. The second-order valence-electron chi connectivity index (χ2n) is 3.93. The Morgan fingerprint density at radius 3 is 3.19 bits per heavy atom. The first-order chi connectivity index (χ1) is 7.81. The van der Waals surface area contributed by atoms with Crippen LogP contribution in [0.3, 0.4) is 0 Å². The Balaban J connectivity index is 2.06. The molecule has 2 heterocycles. The van der Waals surface area contributed by atoms with Gasteiger partial charge in [0.15, 0.2) is 0 Å². The summed E-state index contributed by atoms with van der Waals surface area (Å²) in [5.41, 5.74) is 0. The molecule has 3 nitrogen and oxygen atoms in total. The zero-order valence-electron chi connectivity index (χ0n) is 9.56. The molecule has 0 aliphatic rings. The predicted octanol–water partition coefficient (Wildman–Crippen LogP) is 2.99. The maximum atomic E-state index is 5.11. The van der Waals surface area contributed by atoms with Gasteiger partial charge in [-0.2, -0.15) is 0 Å². The van der Waals surface area contributed by atoms with Crippen molar-refractivity contribution in [3.63, 3.8) is 0 Å². The number of fused-ring (bicyclic) bond motifs is 1. The van der Waals surface area contributed by atoms with E-state index in [-0.39, 0.29) is 0 Å². The maximum Gasteiger partial charge on any atom is 0.134 e. The van der Waals surface area contributed by atoms with Crippen molar-refractivity contribution in [1.82, 2.24) is 4.98 Å². The van der Waals surface area contributed by atoms with Crippen molar-refractivity contribution < 1.29 is 4.74 Å². The van der Waals surface area contributed by atoms with Crippen molar-refractivity contribution in [3.8, 4) is 0 Å². The lowest BCUT2D eigenvalue weighted by molar-refractivity contribution is 0.164. The molecule has 2 rings (SSSR count). The molecule has 1 atom stereocenters. The van der Waals surface area contributed by atoms with Crippen LogP contribution in [0.4, 0.5) is 5.82 Å². The minimum atomic E-state index is 0.487. The highest BCUT2D eigenvalue weighted by molar-refractivity contribution is 7.17. The first-order valence-corrected chi connectivity index (χ1v) is 6.24. The van der Waals surface area contributed by atoms with Crippen LogP contribution in [0.15, 0.2) is 23.7 Å². The van der Waals surface area contributed by atoms with Gasteiger partial charge in [-0.1, -0.05) is 6.92 Å². The molecule has 0 fully saturated rings. The third-order valence-corrected chi connectivity index (χ3v) is 3.33. The molecular formula is C12H16N2OS. The van der Waals surface area contributed by atoms with Crippen molar-refractivity contribution in [2.45, 2.75) is 6.92 Å². The lowest BCUT2D eigenvalue weighted by atomic mass is 10.2. The number of anilines is 1. The van der Waals surface area contributed by atoms with E-state index in [0.29, 0.717) is 5.92 Å². The van der Waals surface area contributed by atoms with Gasteiger partial charge in [0.05, 0.1) is 6.61 Å². The molecule has 1 unspecified atom stereocenters. The zero-order valence-corrected chi connectivity index (χ0v) is 10.4. The minimum Gasteiger partial charge on any atom is -0.384 e. The van der Waals surface area contributed by atoms with E-state index in [1.54, 1.807) is 18.4 Å². The summed E-state index contributed by atoms with van der Waals surface area (Å²) in [6, 6.07) is 4.15. The first kappa shape index (κ1) is 11.4. The third-order valence-electron chi connectivity index (χ3n) is 2.45. The number of rotatable bonds is 5. The average Bonchev–Trinajstić information content (AvgIpc) is 2.75. The molecular weight excluding hydrogens is 220 g/mol. The zero-order chi connectivity index (χ0) is 11.4. The monoisotopic (exact) mass is 236 g/mol. The fourth-order valence-corrected chi connectivity index (χ4v) is 2.43. The normalized spacial score (nSPS) is 12.9. The molecule has 16 heavy (non-hydrogen) atoms. The average molecular weight is 236 g/mol. The molecule has 86 valence electrons. The van der Waals surface area contributed by atoms with E-state index < -0.39 is 0 Å². The quantitative estimate of drug-likeness (QED) is 0.866. The fraction of sp³-hybridized carbons (Fsp3) is 0.417. The molecule has 2 aromatic heterocycles. The Morgan fingerprint density at radius 2 is 2.38 bits per heavy atom. The molecule has 0 aliphatic carbocycles. The van der Waals surface area contributed by atoms with E-state index in [0.717, 1.165) is 19.0 Å². The summed E-state index contributed by atoms with van der Waals surface area (Å²) in [4.78, 5) is 4.37. The summed E-state index contributed by atoms with van der Waals surface area (Å²) in [5.74, 6) is 1.46. The van der Waals surface area contributed by atoms with Crippen LogP contribution in [0.5, 0.6) is 0 Å². The summed E-state index contributed by atoms with van der Waals surface area (Å²) >= 11 is 1.74. The van der Waals surface area contributed by atoms with Crippen LogP contribution in [-0.2, 0) is 4.74 Å². The topological polar surface area (TPSA) is 34.1 Å². The molecule has 0 bridgehead atoms. The summed E-state index contributed by atoms with van der Waals surface area (Å²) in [6.45, 7) is 3.81. The van der Waals surface area contributed by atoms with Gasteiger partial charge in [-0.15, -0.1) is 11.3 Å². The van der Waals surface area contributed by atoms with Gasteiger partial charge in [-0.05, 0) is 23.4 Å². The van der Waals surface area contributed by atoms with Gasteiger partial charge >= 0.3 is 0 Å². The smallest absolute Gasteiger partial charge is 0.134 e. The number of methoxy groups -OCH3 is 1. The lowest BCUT2D eigenvalue weighted by Crippen LogP contribution is -2.16. The van der Waals surface area contributed by atoms with Crippen LogP contribution in [0.1, 0.15) is 6.92 Å². The lowest BCUT2D eigenvalue weighted by Gasteiger charge is -2.12. The first-order valence-electron chi connectivity index (χ1n) is 5.36. The molecule has 0 saturated carbocycles. The molecule has 0 saturated heterocycles. The number of aromatic nitrogens is 1. The van der Waals surface area contributed by atoms with Crippen LogP contribution in [0, 0.1) is 5.92 Å². The molecule has 0 spiro atoms. The molecule has 0 radical (unpaired) electrons. The van der Waals surface area contributed by atoms with Gasteiger partial charge < -0.3 is 10.1 Å². The van der Waals surface area contributed by atoms with E-state index in [1.165, 1.54) is 10.1 Å².